The van der Waals surface area contributed by atoms with Gasteiger partial charge in [-0.2, -0.15) is 5.10 Å². The summed E-state index contributed by atoms with van der Waals surface area (Å²) < 4.78 is 1.95. The molecule has 0 aliphatic carbocycles. The molecule has 0 atom stereocenters. The van der Waals surface area contributed by atoms with E-state index >= 15 is 0 Å². The topological polar surface area (TPSA) is 43.1 Å². The van der Waals surface area contributed by atoms with Crippen molar-refractivity contribution in [2.45, 2.75) is 32.6 Å². The van der Waals surface area contributed by atoms with Crippen LogP contribution >= 0.6 is 0 Å². The van der Waals surface area contributed by atoms with Gasteiger partial charge in [-0.1, -0.05) is 26.8 Å². The zero-order chi connectivity index (χ0) is 17.6. The van der Waals surface area contributed by atoms with E-state index in [0.717, 1.165) is 29.2 Å². The maximum atomic E-state index is 4.86. The highest BCUT2D eigenvalue weighted by Crippen LogP contribution is 2.33. The summed E-state index contributed by atoms with van der Waals surface area (Å²) in [7, 11) is 2.00. The van der Waals surface area contributed by atoms with Gasteiger partial charge in [-0.3, -0.25) is 14.7 Å². The third-order valence-corrected chi connectivity index (χ3v) is 4.65. The van der Waals surface area contributed by atoms with Crippen molar-refractivity contribution in [1.29, 1.82) is 0 Å². The Morgan fingerprint density at radius 3 is 2.40 bits per heavy atom. The van der Waals surface area contributed by atoms with Crippen LogP contribution in [0.2, 0.25) is 0 Å². The van der Waals surface area contributed by atoms with Crippen LogP contribution in [0.15, 0.2) is 53.8 Å². The molecular weight excluding hydrogens is 308 g/mol. The van der Waals surface area contributed by atoms with Crippen molar-refractivity contribution >= 4 is 11.4 Å². The predicted molar refractivity (Wildman–Crippen MR) is 101 cm³/mol. The molecule has 0 spiro atoms. The number of rotatable bonds is 2. The molecule has 4 rings (SSSR count). The number of hydrogen-bond acceptors (Lipinski definition) is 3. The zero-order valence-electron chi connectivity index (χ0n) is 15.1. The lowest BCUT2D eigenvalue weighted by molar-refractivity contribution is 0.553. The quantitative estimate of drug-likeness (QED) is 0.696. The summed E-state index contributed by atoms with van der Waals surface area (Å²) in [5, 5.41) is 4.68. The standard InChI is InChI=1S/C21H22N4/c1-21(2,3)20-13-19(25(4)24-20)18-12-16-11-15(5-6-17(16)23-18)14-7-9-22-10-8-14/h5-11,13H,12H2,1-4H3. The lowest BCUT2D eigenvalue weighted by Gasteiger charge is -2.13. The first-order chi connectivity index (χ1) is 11.9. The number of aryl methyl sites for hydroxylation is 1. The summed E-state index contributed by atoms with van der Waals surface area (Å²) in [6.07, 6.45) is 4.50. The van der Waals surface area contributed by atoms with E-state index in [4.69, 9.17) is 4.99 Å². The monoisotopic (exact) mass is 330 g/mol. The van der Waals surface area contributed by atoms with Crippen molar-refractivity contribution < 1.29 is 0 Å². The van der Waals surface area contributed by atoms with E-state index in [2.05, 4.69) is 55.1 Å². The van der Waals surface area contributed by atoms with Gasteiger partial charge in [-0.15, -0.1) is 0 Å². The number of pyridine rings is 1. The molecule has 1 aliphatic heterocycles. The number of hydrogen-bond donors (Lipinski definition) is 0. The van der Waals surface area contributed by atoms with Crippen molar-refractivity contribution in [1.82, 2.24) is 14.8 Å². The van der Waals surface area contributed by atoms with E-state index in [1.165, 1.54) is 16.7 Å². The Kier molecular flexibility index (Phi) is 3.57. The smallest absolute Gasteiger partial charge is 0.0828 e. The van der Waals surface area contributed by atoms with Crippen LogP contribution in [0.3, 0.4) is 0 Å². The molecule has 25 heavy (non-hydrogen) atoms. The van der Waals surface area contributed by atoms with Crippen molar-refractivity contribution in [3.63, 3.8) is 0 Å². The van der Waals surface area contributed by atoms with Crippen LogP contribution in [-0.2, 0) is 18.9 Å². The molecule has 3 heterocycles. The maximum absolute atomic E-state index is 4.86. The number of aromatic nitrogens is 3. The van der Waals surface area contributed by atoms with Crippen LogP contribution in [0, 0.1) is 0 Å². The zero-order valence-corrected chi connectivity index (χ0v) is 15.1. The van der Waals surface area contributed by atoms with Crippen LogP contribution in [0.1, 0.15) is 37.7 Å². The van der Waals surface area contributed by atoms with Crippen molar-refractivity contribution in [3.05, 3.63) is 65.7 Å². The Morgan fingerprint density at radius 2 is 1.72 bits per heavy atom. The van der Waals surface area contributed by atoms with Gasteiger partial charge in [0.1, 0.15) is 0 Å². The summed E-state index contributed by atoms with van der Waals surface area (Å²) in [6, 6.07) is 12.7. The SMILES string of the molecule is Cn1nc(C(C)(C)C)cc1C1=Nc2ccc(-c3ccncc3)cc2C1. The highest BCUT2D eigenvalue weighted by atomic mass is 15.3. The van der Waals surface area contributed by atoms with Crippen LogP contribution in [0.25, 0.3) is 11.1 Å². The van der Waals surface area contributed by atoms with Crippen LogP contribution in [0.5, 0.6) is 0 Å². The lowest BCUT2D eigenvalue weighted by Crippen LogP contribution is -2.12. The first-order valence-electron chi connectivity index (χ1n) is 8.57. The van der Waals surface area contributed by atoms with E-state index in [1.54, 1.807) is 0 Å². The Morgan fingerprint density at radius 1 is 0.960 bits per heavy atom. The molecule has 0 N–H and O–H groups in total. The van der Waals surface area contributed by atoms with Gasteiger partial charge >= 0.3 is 0 Å². The first kappa shape index (κ1) is 15.8. The molecule has 2 aromatic heterocycles. The largest absolute Gasteiger partial charge is 0.266 e. The number of nitrogens with zero attached hydrogens (tertiary/aromatic N) is 4. The summed E-state index contributed by atoms with van der Waals surface area (Å²) in [6.45, 7) is 6.56. The molecule has 4 nitrogen and oxygen atoms in total. The molecule has 4 heteroatoms. The summed E-state index contributed by atoms with van der Waals surface area (Å²) >= 11 is 0. The van der Waals surface area contributed by atoms with Gasteiger partial charge in [0.25, 0.3) is 0 Å². The molecule has 0 fully saturated rings. The van der Waals surface area contributed by atoms with Crippen LogP contribution in [-0.4, -0.2) is 20.5 Å². The van der Waals surface area contributed by atoms with Gasteiger partial charge in [0.15, 0.2) is 0 Å². The van der Waals surface area contributed by atoms with Gasteiger partial charge < -0.3 is 0 Å². The first-order valence-corrected chi connectivity index (χ1v) is 8.57. The van der Waals surface area contributed by atoms with Crippen LogP contribution in [0.4, 0.5) is 5.69 Å². The second kappa shape index (κ2) is 5.66. The van der Waals surface area contributed by atoms with Gasteiger partial charge in [0.05, 0.1) is 22.8 Å². The molecule has 0 saturated carbocycles. The lowest BCUT2D eigenvalue weighted by atomic mass is 9.92. The fraction of sp³-hybridized carbons (Fsp3) is 0.286. The fourth-order valence-corrected chi connectivity index (χ4v) is 3.18. The fourth-order valence-electron chi connectivity index (χ4n) is 3.18. The molecule has 0 unspecified atom stereocenters. The molecule has 0 saturated heterocycles. The molecule has 0 amide bonds. The molecule has 1 aliphatic rings. The average molecular weight is 330 g/mol. The highest BCUT2D eigenvalue weighted by Gasteiger charge is 2.24. The van der Waals surface area contributed by atoms with E-state index in [-0.39, 0.29) is 5.41 Å². The number of aliphatic imine (C=N–C) groups is 1. The summed E-state index contributed by atoms with van der Waals surface area (Å²) in [5.74, 6) is 0. The normalized spacial score (nSPS) is 13.7. The minimum Gasteiger partial charge on any atom is -0.266 e. The molecule has 3 aromatic rings. The summed E-state index contributed by atoms with van der Waals surface area (Å²) in [4.78, 5) is 8.95. The van der Waals surface area contributed by atoms with Gasteiger partial charge in [0.2, 0.25) is 0 Å². The molecule has 0 bridgehead atoms. The Bertz CT molecular complexity index is 959. The van der Waals surface area contributed by atoms with Gasteiger partial charge in [0, 0.05) is 31.3 Å². The number of fused-ring (bicyclic) bond motifs is 1. The minimum absolute atomic E-state index is 0.0382. The van der Waals surface area contributed by atoms with Crippen molar-refractivity contribution in [2.75, 3.05) is 0 Å². The molecule has 1 aromatic carbocycles. The van der Waals surface area contributed by atoms with E-state index in [0.29, 0.717) is 0 Å². The van der Waals surface area contributed by atoms with Gasteiger partial charge in [-0.05, 0) is 47.0 Å². The van der Waals surface area contributed by atoms with Crippen molar-refractivity contribution in [3.8, 4) is 11.1 Å². The predicted octanol–water partition coefficient (Wildman–Crippen LogP) is 4.46. The van der Waals surface area contributed by atoms with E-state index < -0.39 is 0 Å². The highest BCUT2D eigenvalue weighted by molar-refractivity contribution is 6.05. The second-order valence-corrected chi connectivity index (χ2v) is 7.60. The minimum atomic E-state index is 0.0382. The Labute approximate surface area is 148 Å². The Balaban J connectivity index is 1.66. The third kappa shape index (κ3) is 2.88. The van der Waals surface area contributed by atoms with Crippen LogP contribution < -0.4 is 0 Å². The molecular formula is C21H22N4. The maximum Gasteiger partial charge on any atom is 0.0828 e. The average Bonchev–Trinajstić information content (AvgIpc) is 3.17. The van der Waals surface area contributed by atoms with Gasteiger partial charge in [-0.25, -0.2) is 0 Å². The Hall–Kier alpha value is -2.75. The van der Waals surface area contributed by atoms with E-state index in [1.807, 2.05) is 36.3 Å². The van der Waals surface area contributed by atoms with Crippen molar-refractivity contribution in [2.24, 2.45) is 12.0 Å². The third-order valence-electron chi connectivity index (χ3n) is 4.65. The number of benzene rings is 1. The molecule has 0 radical (unpaired) electrons. The summed E-state index contributed by atoms with van der Waals surface area (Å²) in [5.41, 5.74) is 8.05. The molecule has 126 valence electrons. The van der Waals surface area contributed by atoms with E-state index in [9.17, 15) is 0 Å². The second-order valence-electron chi connectivity index (χ2n) is 7.60.